The van der Waals surface area contributed by atoms with E-state index < -0.39 is 0 Å². The number of carbonyl (C=O) groups is 2. The number of aryl methyl sites for hydroxylation is 1. The van der Waals surface area contributed by atoms with Gasteiger partial charge in [0.25, 0.3) is 5.91 Å². The Balaban J connectivity index is 1.95. The Bertz CT molecular complexity index is 809. The minimum absolute atomic E-state index is 0.180. The molecular weight excluding hydrogens is 395 g/mol. The minimum Gasteiger partial charge on any atom is -0.352 e. The van der Waals surface area contributed by atoms with Gasteiger partial charge in [0, 0.05) is 18.7 Å². The third-order valence-corrected chi connectivity index (χ3v) is 4.86. The zero-order valence-electron chi connectivity index (χ0n) is 14.2. The summed E-state index contributed by atoms with van der Waals surface area (Å²) in [4.78, 5) is 24.1. The average molecular weight is 414 g/mol. The fourth-order valence-electron chi connectivity index (χ4n) is 2.32. The molecule has 0 bridgehead atoms. The fourth-order valence-corrected chi connectivity index (χ4v) is 3.00. The van der Waals surface area contributed by atoms with Gasteiger partial charge in [-0.15, -0.1) is 0 Å². The molecule has 7 heteroatoms. The van der Waals surface area contributed by atoms with Crippen LogP contribution in [0.2, 0.25) is 15.1 Å². The summed E-state index contributed by atoms with van der Waals surface area (Å²) in [5.41, 5.74) is 1.73. The maximum atomic E-state index is 12.1. The predicted molar refractivity (Wildman–Crippen MR) is 107 cm³/mol. The van der Waals surface area contributed by atoms with Crippen molar-refractivity contribution in [2.45, 2.75) is 26.2 Å². The molecule has 0 unspecified atom stereocenters. The third kappa shape index (κ3) is 5.63. The second-order valence-corrected chi connectivity index (χ2v) is 6.90. The van der Waals surface area contributed by atoms with E-state index in [0.29, 0.717) is 34.3 Å². The molecule has 0 aliphatic rings. The van der Waals surface area contributed by atoms with Gasteiger partial charge in [-0.2, -0.15) is 0 Å². The molecule has 0 saturated heterocycles. The van der Waals surface area contributed by atoms with Gasteiger partial charge in [0.05, 0.1) is 20.6 Å². The number of hydrogen-bond donors (Lipinski definition) is 2. The molecule has 2 N–H and O–H groups in total. The first-order chi connectivity index (χ1) is 12.4. The van der Waals surface area contributed by atoms with Crippen LogP contribution in [0.15, 0.2) is 36.4 Å². The van der Waals surface area contributed by atoms with Crippen molar-refractivity contribution in [2.75, 3.05) is 11.9 Å². The molecule has 2 rings (SSSR count). The topological polar surface area (TPSA) is 58.2 Å². The standard InChI is InChI=1S/C19H19Cl3N2O2/c1-2-10-23-19(26)14-8-7-13(11-16(14)21)24-17(25)9-6-12-4-3-5-15(20)18(12)22/h3-5,7-8,11H,2,6,9-10H2,1H3,(H,23,26)(H,24,25). The van der Waals surface area contributed by atoms with Crippen LogP contribution in [0.4, 0.5) is 5.69 Å². The van der Waals surface area contributed by atoms with Crippen LogP contribution in [0.25, 0.3) is 0 Å². The summed E-state index contributed by atoms with van der Waals surface area (Å²) in [5, 5.41) is 6.75. The molecule has 2 amide bonds. The molecule has 4 nitrogen and oxygen atoms in total. The molecule has 138 valence electrons. The normalized spacial score (nSPS) is 10.5. The van der Waals surface area contributed by atoms with Crippen molar-refractivity contribution < 1.29 is 9.59 Å². The minimum atomic E-state index is -0.231. The molecule has 0 aromatic heterocycles. The van der Waals surface area contributed by atoms with Crippen molar-refractivity contribution in [1.29, 1.82) is 0 Å². The van der Waals surface area contributed by atoms with E-state index in [1.54, 1.807) is 30.3 Å². The van der Waals surface area contributed by atoms with E-state index in [4.69, 9.17) is 34.8 Å². The molecule has 0 radical (unpaired) electrons. The van der Waals surface area contributed by atoms with Crippen LogP contribution in [0, 0.1) is 0 Å². The first-order valence-electron chi connectivity index (χ1n) is 8.23. The van der Waals surface area contributed by atoms with Gasteiger partial charge in [0.15, 0.2) is 0 Å². The SMILES string of the molecule is CCCNC(=O)c1ccc(NC(=O)CCc2cccc(Cl)c2Cl)cc1Cl. The van der Waals surface area contributed by atoms with Crippen molar-refractivity contribution in [3.05, 3.63) is 62.6 Å². The van der Waals surface area contributed by atoms with E-state index in [2.05, 4.69) is 10.6 Å². The van der Waals surface area contributed by atoms with Crippen LogP contribution < -0.4 is 10.6 Å². The molecule has 2 aromatic carbocycles. The zero-order chi connectivity index (χ0) is 19.1. The van der Waals surface area contributed by atoms with Crippen molar-refractivity contribution in [3.63, 3.8) is 0 Å². The Hall–Kier alpha value is -1.75. The molecule has 26 heavy (non-hydrogen) atoms. The number of anilines is 1. The summed E-state index contributed by atoms with van der Waals surface area (Å²) in [6.07, 6.45) is 1.56. The molecule has 0 spiro atoms. The van der Waals surface area contributed by atoms with Crippen LogP contribution in [0.5, 0.6) is 0 Å². The smallest absolute Gasteiger partial charge is 0.252 e. The van der Waals surface area contributed by atoms with Gasteiger partial charge in [0.2, 0.25) is 5.91 Å². The quantitative estimate of drug-likeness (QED) is 0.642. The molecular formula is C19H19Cl3N2O2. The van der Waals surface area contributed by atoms with E-state index in [9.17, 15) is 9.59 Å². The first kappa shape index (κ1) is 20.6. The summed E-state index contributed by atoms with van der Waals surface area (Å²) in [5.74, 6) is -0.411. The number of halogens is 3. The van der Waals surface area contributed by atoms with E-state index >= 15 is 0 Å². The molecule has 0 heterocycles. The summed E-state index contributed by atoms with van der Waals surface area (Å²) >= 11 is 18.2. The summed E-state index contributed by atoms with van der Waals surface area (Å²) in [6.45, 7) is 2.55. The maximum Gasteiger partial charge on any atom is 0.252 e. The molecule has 0 fully saturated rings. The first-order valence-corrected chi connectivity index (χ1v) is 9.36. The largest absolute Gasteiger partial charge is 0.352 e. The lowest BCUT2D eigenvalue weighted by atomic mass is 10.1. The van der Waals surface area contributed by atoms with Crippen molar-refractivity contribution in [2.24, 2.45) is 0 Å². The van der Waals surface area contributed by atoms with Crippen LogP contribution >= 0.6 is 34.8 Å². The van der Waals surface area contributed by atoms with E-state index in [1.165, 1.54) is 0 Å². The number of amides is 2. The Morgan fingerprint density at radius 2 is 1.81 bits per heavy atom. The number of hydrogen-bond acceptors (Lipinski definition) is 2. The monoisotopic (exact) mass is 412 g/mol. The summed E-state index contributed by atoms with van der Waals surface area (Å²) in [6, 6.07) is 10.1. The Morgan fingerprint density at radius 3 is 2.50 bits per heavy atom. The molecule has 0 atom stereocenters. The lowest BCUT2D eigenvalue weighted by Crippen LogP contribution is -2.24. The highest BCUT2D eigenvalue weighted by molar-refractivity contribution is 6.42. The van der Waals surface area contributed by atoms with Gasteiger partial charge in [-0.1, -0.05) is 53.9 Å². The van der Waals surface area contributed by atoms with Crippen LogP contribution in [0.3, 0.4) is 0 Å². The van der Waals surface area contributed by atoms with Gasteiger partial charge >= 0.3 is 0 Å². The highest BCUT2D eigenvalue weighted by atomic mass is 35.5. The highest BCUT2D eigenvalue weighted by Gasteiger charge is 2.12. The molecule has 0 aliphatic carbocycles. The van der Waals surface area contributed by atoms with Crippen LogP contribution in [-0.4, -0.2) is 18.4 Å². The van der Waals surface area contributed by atoms with Crippen molar-refractivity contribution in [1.82, 2.24) is 5.32 Å². The van der Waals surface area contributed by atoms with E-state index in [0.717, 1.165) is 12.0 Å². The average Bonchev–Trinajstić information content (AvgIpc) is 2.61. The lowest BCUT2D eigenvalue weighted by Gasteiger charge is -2.10. The Morgan fingerprint density at radius 1 is 1.04 bits per heavy atom. The second kappa shape index (κ2) is 9.81. The molecule has 0 saturated carbocycles. The van der Waals surface area contributed by atoms with Crippen molar-refractivity contribution in [3.8, 4) is 0 Å². The second-order valence-electron chi connectivity index (χ2n) is 5.71. The van der Waals surface area contributed by atoms with E-state index in [1.807, 2.05) is 13.0 Å². The number of benzene rings is 2. The predicted octanol–water partition coefficient (Wildman–Crippen LogP) is 5.36. The lowest BCUT2D eigenvalue weighted by molar-refractivity contribution is -0.116. The van der Waals surface area contributed by atoms with Gasteiger partial charge in [-0.3, -0.25) is 9.59 Å². The maximum absolute atomic E-state index is 12.1. The number of carbonyl (C=O) groups excluding carboxylic acids is 2. The summed E-state index contributed by atoms with van der Waals surface area (Å²) in [7, 11) is 0. The Kier molecular flexibility index (Phi) is 7.76. The van der Waals surface area contributed by atoms with Gasteiger partial charge in [0.1, 0.15) is 0 Å². The highest BCUT2D eigenvalue weighted by Crippen LogP contribution is 2.26. The van der Waals surface area contributed by atoms with Crippen molar-refractivity contribution >= 4 is 52.3 Å². The number of nitrogens with one attached hydrogen (secondary N) is 2. The Labute approximate surface area is 167 Å². The van der Waals surface area contributed by atoms with Gasteiger partial charge in [-0.05, 0) is 42.7 Å². The fraction of sp³-hybridized carbons (Fsp3) is 0.263. The zero-order valence-corrected chi connectivity index (χ0v) is 16.5. The van der Waals surface area contributed by atoms with Gasteiger partial charge in [-0.25, -0.2) is 0 Å². The van der Waals surface area contributed by atoms with Crippen LogP contribution in [-0.2, 0) is 11.2 Å². The number of rotatable bonds is 7. The van der Waals surface area contributed by atoms with Crippen LogP contribution in [0.1, 0.15) is 35.7 Å². The molecule has 0 aliphatic heterocycles. The summed E-state index contributed by atoms with van der Waals surface area (Å²) < 4.78 is 0. The van der Waals surface area contributed by atoms with Gasteiger partial charge < -0.3 is 10.6 Å². The third-order valence-electron chi connectivity index (χ3n) is 3.69. The molecule has 2 aromatic rings. The van der Waals surface area contributed by atoms with E-state index in [-0.39, 0.29) is 23.3 Å².